The van der Waals surface area contributed by atoms with Crippen molar-refractivity contribution in [3.8, 4) is 5.69 Å². The van der Waals surface area contributed by atoms with Crippen LogP contribution in [0.2, 0.25) is 5.02 Å². The normalized spacial score (nSPS) is 13.3. The van der Waals surface area contributed by atoms with Crippen molar-refractivity contribution in [1.82, 2.24) is 4.57 Å². The molecule has 0 saturated carbocycles. The third kappa shape index (κ3) is 2.05. The average molecular weight is 349 g/mol. The van der Waals surface area contributed by atoms with E-state index in [2.05, 4.69) is 58.6 Å². The van der Waals surface area contributed by atoms with Gasteiger partial charge < -0.3 is 4.57 Å². The summed E-state index contributed by atoms with van der Waals surface area (Å²) in [6, 6.07) is 18.9. The predicted molar refractivity (Wildman–Crippen MR) is 102 cm³/mol. The molecule has 1 aliphatic rings. The lowest BCUT2D eigenvalue weighted by Gasteiger charge is -2.11. The lowest BCUT2D eigenvalue weighted by molar-refractivity contribution is 1.02. The summed E-state index contributed by atoms with van der Waals surface area (Å²) in [6.45, 7) is 0.591. The number of rotatable bonds is 1. The number of nitrogens with zero attached hydrogens (tertiary/aromatic N) is 2. The molecule has 4 aromatic rings. The molecule has 0 N–H and O–H groups in total. The van der Waals surface area contributed by atoms with Crippen LogP contribution in [0.4, 0.5) is 0 Å². The lowest BCUT2D eigenvalue weighted by atomic mass is 10.1. The van der Waals surface area contributed by atoms with E-state index in [0.717, 1.165) is 33.2 Å². The summed E-state index contributed by atoms with van der Waals surface area (Å²) in [6.07, 6.45) is 2.08. The Morgan fingerprint density at radius 2 is 2.00 bits per heavy atom. The Bertz CT molecular complexity index is 1100. The third-order valence-electron chi connectivity index (χ3n) is 4.47. The number of halogens is 1. The van der Waals surface area contributed by atoms with Crippen molar-refractivity contribution in [2.75, 3.05) is 0 Å². The van der Waals surface area contributed by atoms with Crippen molar-refractivity contribution in [3.63, 3.8) is 0 Å². The summed E-state index contributed by atoms with van der Waals surface area (Å²) in [5.41, 5.74) is 5.44. The van der Waals surface area contributed by atoms with Crippen LogP contribution >= 0.6 is 22.9 Å². The standard InChI is InChI=1S/C20H13ClN2S/c21-16-3-1-4-17-15(16)12-22-20(18-5-2-9-23(17)18)14-6-7-19-13(11-14)8-10-24-19/h1-11H,12H2. The molecule has 0 aliphatic carbocycles. The van der Waals surface area contributed by atoms with Crippen molar-refractivity contribution >= 4 is 38.7 Å². The molecule has 2 aromatic heterocycles. The Balaban J connectivity index is 1.75. The molecular formula is C20H13ClN2S. The molecule has 5 rings (SSSR count). The largest absolute Gasteiger partial charge is 0.315 e. The zero-order valence-electron chi connectivity index (χ0n) is 12.7. The second kappa shape index (κ2) is 5.33. The Morgan fingerprint density at radius 1 is 1.04 bits per heavy atom. The molecule has 4 heteroatoms. The Morgan fingerprint density at radius 3 is 2.96 bits per heavy atom. The van der Waals surface area contributed by atoms with Crippen molar-refractivity contribution in [1.29, 1.82) is 0 Å². The monoisotopic (exact) mass is 348 g/mol. The van der Waals surface area contributed by atoms with Gasteiger partial charge in [0.1, 0.15) is 0 Å². The summed E-state index contributed by atoms with van der Waals surface area (Å²) in [5.74, 6) is 0. The average Bonchev–Trinajstić information content (AvgIpc) is 3.22. The summed E-state index contributed by atoms with van der Waals surface area (Å²) in [7, 11) is 0. The van der Waals surface area contributed by atoms with Gasteiger partial charge in [-0.05, 0) is 53.2 Å². The van der Waals surface area contributed by atoms with E-state index in [1.165, 1.54) is 10.1 Å². The highest BCUT2D eigenvalue weighted by molar-refractivity contribution is 7.17. The molecule has 0 radical (unpaired) electrons. The van der Waals surface area contributed by atoms with Crippen LogP contribution < -0.4 is 0 Å². The molecule has 116 valence electrons. The second-order valence-corrected chi connectivity index (χ2v) is 7.19. The van der Waals surface area contributed by atoms with Crippen LogP contribution in [0.15, 0.2) is 71.2 Å². The van der Waals surface area contributed by atoms with E-state index >= 15 is 0 Å². The molecule has 0 fully saturated rings. The summed E-state index contributed by atoms with van der Waals surface area (Å²) in [4.78, 5) is 4.92. The molecule has 0 atom stereocenters. The third-order valence-corrected chi connectivity index (χ3v) is 5.72. The molecule has 2 aromatic carbocycles. The fourth-order valence-corrected chi connectivity index (χ4v) is 4.31. The minimum Gasteiger partial charge on any atom is -0.315 e. The van der Waals surface area contributed by atoms with Crippen molar-refractivity contribution in [3.05, 3.63) is 88.0 Å². The highest BCUT2D eigenvalue weighted by atomic mass is 35.5. The summed E-state index contributed by atoms with van der Waals surface area (Å²) in [5, 5.41) is 4.16. The highest BCUT2D eigenvalue weighted by Crippen LogP contribution is 2.30. The molecule has 0 amide bonds. The van der Waals surface area contributed by atoms with E-state index in [1.807, 2.05) is 12.1 Å². The SMILES string of the molecule is Clc1cccc2c1CN=C(c1ccc3sccc3c1)c1cccn1-2. The van der Waals surface area contributed by atoms with Crippen LogP contribution in [0.5, 0.6) is 0 Å². The maximum Gasteiger partial charge on any atom is 0.0891 e. The van der Waals surface area contributed by atoms with E-state index in [4.69, 9.17) is 16.6 Å². The van der Waals surface area contributed by atoms with Crippen LogP contribution in [0.25, 0.3) is 15.8 Å². The van der Waals surface area contributed by atoms with Crippen LogP contribution in [0, 0.1) is 0 Å². The number of hydrogen-bond acceptors (Lipinski definition) is 2. The van der Waals surface area contributed by atoms with Crippen LogP contribution in [0.1, 0.15) is 16.8 Å². The first-order valence-corrected chi connectivity index (χ1v) is 9.04. The zero-order chi connectivity index (χ0) is 16.1. The molecule has 3 heterocycles. The van der Waals surface area contributed by atoms with Gasteiger partial charge in [0.25, 0.3) is 0 Å². The van der Waals surface area contributed by atoms with Crippen LogP contribution in [-0.4, -0.2) is 10.3 Å². The minimum absolute atomic E-state index is 0.591. The molecule has 24 heavy (non-hydrogen) atoms. The fourth-order valence-electron chi connectivity index (χ4n) is 3.31. The maximum absolute atomic E-state index is 6.42. The molecule has 0 spiro atoms. The summed E-state index contributed by atoms with van der Waals surface area (Å²) < 4.78 is 3.49. The van der Waals surface area contributed by atoms with Crippen molar-refractivity contribution in [2.24, 2.45) is 4.99 Å². The number of benzene rings is 2. The lowest BCUT2D eigenvalue weighted by Crippen LogP contribution is -2.08. The van der Waals surface area contributed by atoms with Gasteiger partial charge in [-0.15, -0.1) is 11.3 Å². The number of aromatic nitrogens is 1. The van der Waals surface area contributed by atoms with Gasteiger partial charge in [-0.3, -0.25) is 4.99 Å². The Hall–Kier alpha value is -2.36. The zero-order valence-corrected chi connectivity index (χ0v) is 14.3. The van der Waals surface area contributed by atoms with Crippen molar-refractivity contribution < 1.29 is 0 Å². The minimum atomic E-state index is 0.591. The Labute approximate surface area is 148 Å². The van der Waals surface area contributed by atoms with Gasteiger partial charge >= 0.3 is 0 Å². The van der Waals surface area contributed by atoms with Gasteiger partial charge in [0.15, 0.2) is 0 Å². The van der Waals surface area contributed by atoms with E-state index in [9.17, 15) is 0 Å². The first kappa shape index (κ1) is 14.0. The van der Waals surface area contributed by atoms with Gasteiger partial charge in [0.2, 0.25) is 0 Å². The molecule has 0 bridgehead atoms. The summed E-state index contributed by atoms with van der Waals surface area (Å²) >= 11 is 8.19. The van der Waals surface area contributed by atoms with E-state index in [-0.39, 0.29) is 0 Å². The van der Waals surface area contributed by atoms with Crippen LogP contribution in [-0.2, 0) is 6.54 Å². The van der Waals surface area contributed by atoms with Gasteiger partial charge in [0, 0.05) is 27.0 Å². The van der Waals surface area contributed by atoms with Crippen molar-refractivity contribution in [2.45, 2.75) is 6.54 Å². The van der Waals surface area contributed by atoms with Gasteiger partial charge in [-0.1, -0.05) is 23.7 Å². The highest BCUT2D eigenvalue weighted by Gasteiger charge is 2.19. The number of thiophene rings is 1. The smallest absolute Gasteiger partial charge is 0.0891 e. The fraction of sp³-hybridized carbons (Fsp3) is 0.0500. The predicted octanol–water partition coefficient (Wildman–Crippen LogP) is 5.70. The molecule has 0 saturated heterocycles. The van der Waals surface area contributed by atoms with E-state index in [1.54, 1.807) is 11.3 Å². The number of hydrogen-bond donors (Lipinski definition) is 0. The van der Waals surface area contributed by atoms with Gasteiger partial charge in [-0.2, -0.15) is 0 Å². The topological polar surface area (TPSA) is 17.3 Å². The first-order chi connectivity index (χ1) is 11.8. The second-order valence-electron chi connectivity index (χ2n) is 5.84. The first-order valence-electron chi connectivity index (χ1n) is 7.79. The van der Waals surface area contributed by atoms with Gasteiger partial charge in [0.05, 0.1) is 23.6 Å². The maximum atomic E-state index is 6.42. The van der Waals surface area contributed by atoms with E-state index in [0.29, 0.717) is 6.54 Å². The van der Waals surface area contributed by atoms with E-state index < -0.39 is 0 Å². The number of fused-ring (bicyclic) bond motifs is 4. The molecule has 2 nitrogen and oxygen atoms in total. The Kier molecular flexibility index (Phi) is 3.12. The molecule has 0 unspecified atom stereocenters. The molecule has 1 aliphatic heterocycles. The quantitative estimate of drug-likeness (QED) is 0.420. The number of aliphatic imine (C=N–C) groups is 1. The molecular weight excluding hydrogens is 336 g/mol. The van der Waals surface area contributed by atoms with Gasteiger partial charge in [-0.25, -0.2) is 0 Å². The van der Waals surface area contributed by atoms with Crippen LogP contribution in [0.3, 0.4) is 0 Å².